The molecule has 0 radical (unpaired) electrons. The van der Waals surface area contributed by atoms with Crippen LogP contribution in [0.2, 0.25) is 0 Å². The van der Waals surface area contributed by atoms with Crippen LogP contribution in [0.3, 0.4) is 0 Å². The van der Waals surface area contributed by atoms with Crippen LogP contribution in [0.1, 0.15) is 20.8 Å². The fourth-order valence-corrected chi connectivity index (χ4v) is 1.54. The summed E-state index contributed by atoms with van der Waals surface area (Å²) in [7, 11) is 0. The number of ether oxygens (including phenoxy) is 2. The Morgan fingerprint density at radius 1 is 1.06 bits per heavy atom. The van der Waals surface area contributed by atoms with Gasteiger partial charge in [-0.05, 0) is 5.41 Å². The summed E-state index contributed by atoms with van der Waals surface area (Å²) in [6.45, 7) is 5.75. The van der Waals surface area contributed by atoms with E-state index in [9.17, 15) is 15.3 Å². The lowest BCUT2D eigenvalue weighted by atomic mass is 9.97. The van der Waals surface area contributed by atoms with Crippen LogP contribution in [0, 0.1) is 5.41 Å². The van der Waals surface area contributed by atoms with E-state index in [1.165, 1.54) is 0 Å². The average molecular weight is 250 g/mol. The Balaban J connectivity index is 2.59. The van der Waals surface area contributed by atoms with E-state index in [0.29, 0.717) is 6.61 Å². The third kappa shape index (κ3) is 3.87. The Morgan fingerprint density at radius 2 is 1.65 bits per heavy atom. The highest BCUT2D eigenvalue weighted by Crippen LogP contribution is 2.24. The first kappa shape index (κ1) is 14.8. The molecule has 1 saturated heterocycles. The van der Waals surface area contributed by atoms with Crippen molar-refractivity contribution in [2.45, 2.75) is 51.5 Å². The van der Waals surface area contributed by atoms with Crippen molar-refractivity contribution < 1.29 is 29.9 Å². The Bertz CT molecular complexity index is 237. The molecule has 1 aliphatic heterocycles. The van der Waals surface area contributed by atoms with E-state index in [4.69, 9.17) is 14.6 Å². The lowest BCUT2D eigenvalue weighted by Crippen LogP contribution is -2.59. The molecule has 0 amide bonds. The van der Waals surface area contributed by atoms with Gasteiger partial charge in [0.15, 0.2) is 6.29 Å². The lowest BCUT2D eigenvalue weighted by Gasteiger charge is -2.40. The van der Waals surface area contributed by atoms with Crippen molar-refractivity contribution in [3.05, 3.63) is 0 Å². The van der Waals surface area contributed by atoms with Crippen LogP contribution in [0.4, 0.5) is 0 Å². The molecule has 6 heteroatoms. The summed E-state index contributed by atoms with van der Waals surface area (Å²) < 4.78 is 10.5. The second-order valence-corrected chi connectivity index (χ2v) is 5.57. The second-order valence-electron chi connectivity index (χ2n) is 5.57. The molecule has 17 heavy (non-hydrogen) atoms. The molecule has 0 saturated carbocycles. The van der Waals surface area contributed by atoms with Crippen molar-refractivity contribution in [1.82, 2.24) is 0 Å². The van der Waals surface area contributed by atoms with Crippen LogP contribution < -0.4 is 0 Å². The van der Waals surface area contributed by atoms with Crippen molar-refractivity contribution in [1.29, 1.82) is 0 Å². The first-order valence-corrected chi connectivity index (χ1v) is 5.68. The van der Waals surface area contributed by atoms with Gasteiger partial charge in [0.2, 0.25) is 0 Å². The molecule has 1 fully saturated rings. The van der Waals surface area contributed by atoms with Crippen LogP contribution in [0.25, 0.3) is 0 Å². The molecule has 2 unspecified atom stereocenters. The van der Waals surface area contributed by atoms with E-state index in [1.54, 1.807) is 0 Å². The second kappa shape index (κ2) is 5.60. The molecule has 1 rings (SSSR count). The third-order valence-electron chi connectivity index (χ3n) is 2.53. The van der Waals surface area contributed by atoms with Crippen molar-refractivity contribution in [3.63, 3.8) is 0 Å². The predicted octanol–water partition coefficient (Wildman–Crippen LogP) is -1.15. The standard InChI is InChI=1S/C11H22O6/c1-11(2,3)5-16-10-9(15)8(14)7(13)6(4-12)17-10/h6-10,12-15H,4-5H2,1-3H3/t6?,7-,8+,9?,10+/m1/s1. The van der Waals surface area contributed by atoms with Crippen molar-refractivity contribution in [3.8, 4) is 0 Å². The fourth-order valence-electron chi connectivity index (χ4n) is 1.54. The summed E-state index contributed by atoms with van der Waals surface area (Å²) in [5.74, 6) is 0. The molecule has 102 valence electrons. The SMILES string of the molecule is CC(C)(C)CO[C@H]1OC(CO)[C@@H](O)[C@H](O)C1O. The van der Waals surface area contributed by atoms with Crippen LogP contribution in [-0.4, -0.2) is 64.3 Å². The third-order valence-corrected chi connectivity index (χ3v) is 2.53. The lowest BCUT2D eigenvalue weighted by molar-refractivity contribution is -0.305. The van der Waals surface area contributed by atoms with Gasteiger partial charge in [-0.15, -0.1) is 0 Å². The van der Waals surface area contributed by atoms with Crippen LogP contribution in [0.5, 0.6) is 0 Å². The summed E-state index contributed by atoms with van der Waals surface area (Å²) >= 11 is 0. The molecule has 5 atom stereocenters. The van der Waals surface area contributed by atoms with Gasteiger partial charge in [-0.1, -0.05) is 20.8 Å². The van der Waals surface area contributed by atoms with E-state index >= 15 is 0 Å². The summed E-state index contributed by atoms with van der Waals surface area (Å²) in [5, 5.41) is 37.7. The normalized spacial score (nSPS) is 39.4. The molecule has 0 aliphatic carbocycles. The molecular formula is C11H22O6. The maximum absolute atomic E-state index is 9.68. The topological polar surface area (TPSA) is 99.4 Å². The number of aliphatic hydroxyl groups excluding tert-OH is 4. The molecule has 1 heterocycles. The molecule has 0 bridgehead atoms. The maximum atomic E-state index is 9.68. The largest absolute Gasteiger partial charge is 0.394 e. The summed E-state index contributed by atoms with van der Waals surface area (Å²) in [6, 6.07) is 0. The van der Waals surface area contributed by atoms with E-state index in [1.807, 2.05) is 20.8 Å². The minimum absolute atomic E-state index is 0.112. The molecule has 0 aromatic carbocycles. The number of rotatable bonds is 3. The van der Waals surface area contributed by atoms with Gasteiger partial charge in [-0.2, -0.15) is 0 Å². The quantitative estimate of drug-likeness (QED) is 0.505. The number of hydrogen-bond donors (Lipinski definition) is 4. The minimum Gasteiger partial charge on any atom is -0.394 e. The molecule has 0 spiro atoms. The van der Waals surface area contributed by atoms with Crippen LogP contribution in [0.15, 0.2) is 0 Å². The summed E-state index contributed by atoms with van der Waals surface area (Å²) in [4.78, 5) is 0. The maximum Gasteiger partial charge on any atom is 0.186 e. The molecule has 0 aromatic heterocycles. The molecule has 0 aromatic rings. The van der Waals surface area contributed by atoms with E-state index in [2.05, 4.69) is 0 Å². The first-order chi connectivity index (χ1) is 7.76. The fraction of sp³-hybridized carbons (Fsp3) is 1.00. The summed E-state index contributed by atoms with van der Waals surface area (Å²) in [6.07, 6.45) is -6.01. The van der Waals surface area contributed by atoms with E-state index in [0.717, 1.165) is 0 Å². The van der Waals surface area contributed by atoms with Crippen molar-refractivity contribution >= 4 is 0 Å². The molecule has 1 aliphatic rings. The molecule has 4 N–H and O–H groups in total. The molecule has 6 nitrogen and oxygen atoms in total. The summed E-state index contributed by atoms with van der Waals surface area (Å²) in [5.41, 5.74) is -0.112. The highest BCUT2D eigenvalue weighted by atomic mass is 16.7. The Hall–Kier alpha value is -0.240. The van der Waals surface area contributed by atoms with Crippen LogP contribution >= 0.6 is 0 Å². The average Bonchev–Trinajstić information content (AvgIpc) is 2.24. The number of aliphatic hydroxyl groups is 4. The van der Waals surface area contributed by atoms with E-state index < -0.39 is 37.3 Å². The molecular weight excluding hydrogens is 228 g/mol. The van der Waals surface area contributed by atoms with Gasteiger partial charge in [0.05, 0.1) is 13.2 Å². The zero-order chi connectivity index (χ0) is 13.2. The van der Waals surface area contributed by atoms with E-state index in [-0.39, 0.29) is 5.41 Å². The predicted molar refractivity (Wildman–Crippen MR) is 59.2 cm³/mol. The van der Waals surface area contributed by atoms with Gasteiger partial charge in [0.1, 0.15) is 24.4 Å². The highest BCUT2D eigenvalue weighted by molar-refractivity contribution is 4.89. The van der Waals surface area contributed by atoms with Crippen molar-refractivity contribution in [2.75, 3.05) is 13.2 Å². The van der Waals surface area contributed by atoms with Gasteiger partial charge >= 0.3 is 0 Å². The zero-order valence-electron chi connectivity index (χ0n) is 10.4. The van der Waals surface area contributed by atoms with Gasteiger partial charge < -0.3 is 29.9 Å². The smallest absolute Gasteiger partial charge is 0.186 e. The van der Waals surface area contributed by atoms with Gasteiger partial charge in [0, 0.05) is 0 Å². The van der Waals surface area contributed by atoms with Gasteiger partial charge in [-0.3, -0.25) is 0 Å². The van der Waals surface area contributed by atoms with Gasteiger partial charge in [0.25, 0.3) is 0 Å². The number of hydrogen-bond acceptors (Lipinski definition) is 6. The Labute approximate surface area is 101 Å². The first-order valence-electron chi connectivity index (χ1n) is 5.68. The van der Waals surface area contributed by atoms with Crippen molar-refractivity contribution in [2.24, 2.45) is 5.41 Å². The minimum atomic E-state index is -1.38. The monoisotopic (exact) mass is 250 g/mol. The Morgan fingerprint density at radius 3 is 2.12 bits per heavy atom. The zero-order valence-corrected chi connectivity index (χ0v) is 10.4. The Kier molecular flexibility index (Phi) is 4.88. The van der Waals surface area contributed by atoms with Crippen LogP contribution in [-0.2, 0) is 9.47 Å². The highest BCUT2D eigenvalue weighted by Gasteiger charge is 2.44. The van der Waals surface area contributed by atoms with Gasteiger partial charge in [-0.25, -0.2) is 0 Å².